The van der Waals surface area contributed by atoms with Crippen molar-refractivity contribution >= 4 is 10.1 Å². The first-order valence-electron chi connectivity index (χ1n) is 4.50. The Morgan fingerprint density at radius 1 is 1.54 bits per heavy atom. The molecule has 0 aromatic heterocycles. The second kappa shape index (κ2) is 4.93. The van der Waals surface area contributed by atoms with Gasteiger partial charge in [0.15, 0.2) is 0 Å². The SMILES string of the molecule is CS(=O)(=O)OCCCC1CCOC1. The van der Waals surface area contributed by atoms with E-state index in [1.54, 1.807) is 0 Å². The molecule has 1 aliphatic rings. The lowest BCUT2D eigenvalue weighted by atomic mass is 10.0. The zero-order valence-corrected chi connectivity index (χ0v) is 8.68. The van der Waals surface area contributed by atoms with Crippen LogP contribution < -0.4 is 0 Å². The smallest absolute Gasteiger partial charge is 0.264 e. The zero-order chi connectivity index (χ0) is 9.73. The van der Waals surface area contributed by atoms with Gasteiger partial charge in [-0.15, -0.1) is 0 Å². The van der Waals surface area contributed by atoms with E-state index in [9.17, 15) is 8.42 Å². The summed E-state index contributed by atoms with van der Waals surface area (Å²) in [6.45, 7) is 1.96. The highest BCUT2D eigenvalue weighted by atomic mass is 32.2. The van der Waals surface area contributed by atoms with Gasteiger partial charge in [-0.2, -0.15) is 8.42 Å². The highest BCUT2D eigenvalue weighted by molar-refractivity contribution is 7.85. The molecule has 1 heterocycles. The summed E-state index contributed by atoms with van der Waals surface area (Å²) in [5, 5.41) is 0. The third-order valence-corrected chi connectivity index (χ3v) is 2.67. The van der Waals surface area contributed by atoms with Crippen LogP contribution in [0.3, 0.4) is 0 Å². The maximum atomic E-state index is 10.6. The van der Waals surface area contributed by atoms with Crippen molar-refractivity contribution in [2.75, 3.05) is 26.1 Å². The van der Waals surface area contributed by atoms with Gasteiger partial charge in [0.05, 0.1) is 12.9 Å². The van der Waals surface area contributed by atoms with Crippen LogP contribution in [0.1, 0.15) is 19.3 Å². The summed E-state index contributed by atoms with van der Waals surface area (Å²) in [4.78, 5) is 0. The number of hydrogen-bond donors (Lipinski definition) is 0. The normalized spacial score (nSPS) is 23.6. The second-order valence-corrected chi connectivity index (χ2v) is 5.04. The fourth-order valence-corrected chi connectivity index (χ4v) is 1.81. The van der Waals surface area contributed by atoms with Crippen LogP contribution in [0.25, 0.3) is 0 Å². The summed E-state index contributed by atoms with van der Waals surface area (Å²) < 4.78 is 31.0. The summed E-state index contributed by atoms with van der Waals surface area (Å²) in [6.07, 6.45) is 3.96. The molecule has 1 fully saturated rings. The molecule has 78 valence electrons. The van der Waals surface area contributed by atoms with E-state index in [1.807, 2.05) is 0 Å². The molecule has 1 aliphatic heterocycles. The maximum Gasteiger partial charge on any atom is 0.264 e. The summed E-state index contributed by atoms with van der Waals surface area (Å²) in [7, 11) is -3.25. The van der Waals surface area contributed by atoms with Crippen molar-refractivity contribution in [3.8, 4) is 0 Å². The molecule has 1 atom stereocenters. The summed E-state index contributed by atoms with van der Waals surface area (Å²) >= 11 is 0. The van der Waals surface area contributed by atoms with Gasteiger partial charge in [-0.05, 0) is 25.2 Å². The van der Waals surface area contributed by atoms with E-state index in [1.165, 1.54) is 0 Å². The lowest BCUT2D eigenvalue weighted by molar-refractivity contribution is 0.182. The highest BCUT2D eigenvalue weighted by Gasteiger charge is 2.15. The van der Waals surface area contributed by atoms with Crippen molar-refractivity contribution in [2.45, 2.75) is 19.3 Å². The molecule has 1 rings (SSSR count). The van der Waals surface area contributed by atoms with Crippen molar-refractivity contribution < 1.29 is 17.3 Å². The fraction of sp³-hybridized carbons (Fsp3) is 1.00. The summed E-state index contributed by atoms with van der Waals surface area (Å²) in [5.74, 6) is 0.600. The predicted octanol–water partition coefficient (Wildman–Crippen LogP) is 0.779. The van der Waals surface area contributed by atoms with Gasteiger partial charge in [-0.3, -0.25) is 4.18 Å². The van der Waals surface area contributed by atoms with E-state index in [0.717, 1.165) is 38.7 Å². The molecule has 1 saturated heterocycles. The average Bonchev–Trinajstić information content (AvgIpc) is 2.48. The van der Waals surface area contributed by atoms with Crippen molar-refractivity contribution in [1.29, 1.82) is 0 Å². The van der Waals surface area contributed by atoms with Crippen molar-refractivity contribution in [2.24, 2.45) is 5.92 Å². The minimum atomic E-state index is -3.25. The van der Waals surface area contributed by atoms with Crippen LogP contribution in [-0.2, 0) is 19.0 Å². The Labute approximate surface area is 79.3 Å². The molecule has 13 heavy (non-hydrogen) atoms. The molecule has 0 saturated carbocycles. The third kappa shape index (κ3) is 5.23. The van der Waals surface area contributed by atoms with Gasteiger partial charge in [-0.1, -0.05) is 0 Å². The van der Waals surface area contributed by atoms with Gasteiger partial charge in [0.2, 0.25) is 0 Å². The van der Waals surface area contributed by atoms with Gasteiger partial charge in [-0.25, -0.2) is 0 Å². The monoisotopic (exact) mass is 208 g/mol. The molecule has 0 aromatic carbocycles. The Morgan fingerprint density at radius 2 is 2.31 bits per heavy atom. The average molecular weight is 208 g/mol. The maximum absolute atomic E-state index is 10.6. The van der Waals surface area contributed by atoms with Crippen molar-refractivity contribution in [1.82, 2.24) is 0 Å². The van der Waals surface area contributed by atoms with Gasteiger partial charge >= 0.3 is 0 Å². The molecule has 0 aromatic rings. The quantitative estimate of drug-likeness (QED) is 0.495. The highest BCUT2D eigenvalue weighted by Crippen LogP contribution is 2.17. The zero-order valence-electron chi connectivity index (χ0n) is 7.86. The lowest BCUT2D eigenvalue weighted by Crippen LogP contribution is -2.06. The van der Waals surface area contributed by atoms with Gasteiger partial charge in [0.1, 0.15) is 0 Å². The van der Waals surface area contributed by atoms with E-state index >= 15 is 0 Å². The molecular weight excluding hydrogens is 192 g/mol. The Balaban J connectivity index is 2.01. The molecule has 0 radical (unpaired) electrons. The number of ether oxygens (including phenoxy) is 1. The van der Waals surface area contributed by atoms with Crippen molar-refractivity contribution in [3.63, 3.8) is 0 Å². The molecule has 5 heteroatoms. The molecule has 0 amide bonds. The number of hydrogen-bond acceptors (Lipinski definition) is 4. The molecule has 0 N–H and O–H groups in total. The molecule has 0 spiro atoms. The molecule has 0 aliphatic carbocycles. The largest absolute Gasteiger partial charge is 0.381 e. The third-order valence-electron chi connectivity index (χ3n) is 2.08. The van der Waals surface area contributed by atoms with E-state index in [4.69, 9.17) is 4.74 Å². The van der Waals surface area contributed by atoms with Crippen LogP contribution in [0.5, 0.6) is 0 Å². The van der Waals surface area contributed by atoms with Crippen molar-refractivity contribution in [3.05, 3.63) is 0 Å². The summed E-state index contributed by atoms with van der Waals surface area (Å²) in [5.41, 5.74) is 0. The minimum Gasteiger partial charge on any atom is -0.381 e. The van der Waals surface area contributed by atoms with Crippen LogP contribution in [0.15, 0.2) is 0 Å². The lowest BCUT2D eigenvalue weighted by Gasteiger charge is -2.06. The summed E-state index contributed by atoms with van der Waals surface area (Å²) in [6, 6.07) is 0. The standard InChI is InChI=1S/C8H16O4S/c1-13(9,10)12-5-2-3-8-4-6-11-7-8/h8H,2-7H2,1H3. The van der Waals surface area contributed by atoms with Crippen LogP contribution in [-0.4, -0.2) is 34.5 Å². The molecular formula is C8H16O4S. The second-order valence-electron chi connectivity index (χ2n) is 3.40. The van der Waals surface area contributed by atoms with E-state index < -0.39 is 10.1 Å². The Hall–Kier alpha value is -0.130. The van der Waals surface area contributed by atoms with Crippen LogP contribution in [0.2, 0.25) is 0 Å². The first-order valence-corrected chi connectivity index (χ1v) is 6.32. The molecule has 1 unspecified atom stereocenters. The van der Waals surface area contributed by atoms with E-state index in [0.29, 0.717) is 12.5 Å². The van der Waals surface area contributed by atoms with Crippen LogP contribution >= 0.6 is 0 Å². The first kappa shape index (κ1) is 10.9. The fourth-order valence-electron chi connectivity index (χ4n) is 1.39. The van der Waals surface area contributed by atoms with E-state index in [2.05, 4.69) is 4.18 Å². The van der Waals surface area contributed by atoms with Gasteiger partial charge in [0.25, 0.3) is 10.1 Å². The van der Waals surface area contributed by atoms with E-state index in [-0.39, 0.29) is 0 Å². The van der Waals surface area contributed by atoms with Crippen LogP contribution in [0, 0.1) is 5.92 Å². The Kier molecular flexibility index (Phi) is 4.15. The van der Waals surface area contributed by atoms with Crippen LogP contribution in [0.4, 0.5) is 0 Å². The predicted molar refractivity (Wildman–Crippen MR) is 49.0 cm³/mol. The van der Waals surface area contributed by atoms with Gasteiger partial charge in [0, 0.05) is 13.2 Å². The minimum absolute atomic E-state index is 0.301. The first-order chi connectivity index (χ1) is 6.08. The van der Waals surface area contributed by atoms with Gasteiger partial charge < -0.3 is 4.74 Å². The topological polar surface area (TPSA) is 52.6 Å². The Bertz CT molecular complexity index is 229. The molecule has 4 nitrogen and oxygen atoms in total. The molecule has 0 bridgehead atoms. The number of rotatable bonds is 5. The Morgan fingerprint density at radius 3 is 2.85 bits per heavy atom.